The first kappa shape index (κ1) is 12.5. The molecule has 6 nitrogen and oxygen atoms in total. The number of aromatic nitrogens is 4. The van der Waals surface area contributed by atoms with Gasteiger partial charge in [-0.05, 0) is 29.0 Å². The van der Waals surface area contributed by atoms with Gasteiger partial charge in [-0.15, -0.1) is 5.10 Å². The monoisotopic (exact) mass is 266 g/mol. The first-order valence-electron chi connectivity index (χ1n) is 5.41. The molecule has 0 spiro atoms. The standard InChI is InChI=1S/C11H11ClN4O2/c12-9-5-2-1-4-8(9)11-13-14-15-16(11)7-3-6-10(17)18/h1-2,4-5H,3,6-7H2,(H,17,18). The molecule has 0 aliphatic heterocycles. The number of aliphatic carboxylic acids is 1. The summed E-state index contributed by atoms with van der Waals surface area (Å²) in [5, 5.41) is 20.5. The molecule has 0 unspecified atom stereocenters. The SMILES string of the molecule is O=C(O)CCCn1nnnc1-c1ccccc1Cl. The molecule has 0 amide bonds. The summed E-state index contributed by atoms with van der Waals surface area (Å²) in [7, 11) is 0. The summed E-state index contributed by atoms with van der Waals surface area (Å²) >= 11 is 6.07. The lowest BCUT2D eigenvalue weighted by atomic mass is 10.2. The third kappa shape index (κ3) is 2.84. The van der Waals surface area contributed by atoms with Crippen LogP contribution in [0.15, 0.2) is 24.3 Å². The Labute approximate surface area is 108 Å². The minimum Gasteiger partial charge on any atom is -0.481 e. The molecule has 1 heterocycles. The molecule has 1 aromatic carbocycles. The molecule has 0 bridgehead atoms. The molecule has 7 heteroatoms. The van der Waals surface area contributed by atoms with Crippen molar-refractivity contribution in [2.75, 3.05) is 0 Å². The van der Waals surface area contributed by atoms with Crippen molar-refractivity contribution < 1.29 is 9.90 Å². The zero-order chi connectivity index (χ0) is 13.0. The van der Waals surface area contributed by atoms with E-state index in [1.165, 1.54) is 0 Å². The molecule has 94 valence electrons. The number of hydrogen-bond donors (Lipinski definition) is 1. The highest BCUT2D eigenvalue weighted by atomic mass is 35.5. The van der Waals surface area contributed by atoms with Crippen molar-refractivity contribution in [3.8, 4) is 11.4 Å². The fraction of sp³-hybridized carbons (Fsp3) is 0.273. The Morgan fingerprint density at radius 3 is 2.89 bits per heavy atom. The van der Waals surface area contributed by atoms with E-state index >= 15 is 0 Å². The van der Waals surface area contributed by atoms with Gasteiger partial charge in [0.15, 0.2) is 5.82 Å². The Hall–Kier alpha value is -1.95. The van der Waals surface area contributed by atoms with Gasteiger partial charge in [0, 0.05) is 18.5 Å². The molecule has 1 aromatic heterocycles. The molecule has 0 fully saturated rings. The maximum atomic E-state index is 10.5. The van der Waals surface area contributed by atoms with Crippen LogP contribution in [0, 0.1) is 0 Å². The van der Waals surface area contributed by atoms with E-state index in [2.05, 4.69) is 15.5 Å². The normalized spacial score (nSPS) is 10.5. The van der Waals surface area contributed by atoms with Crippen LogP contribution in [0.1, 0.15) is 12.8 Å². The van der Waals surface area contributed by atoms with E-state index in [1.54, 1.807) is 10.7 Å². The molecule has 0 aliphatic carbocycles. The van der Waals surface area contributed by atoms with E-state index in [-0.39, 0.29) is 6.42 Å². The number of hydrogen-bond acceptors (Lipinski definition) is 4. The lowest BCUT2D eigenvalue weighted by molar-refractivity contribution is -0.137. The van der Waals surface area contributed by atoms with E-state index in [4.69, 9.17) is 16.7 Å². The smallest absolute Gasteiger partial charge is 0.303 e. The largest absolute Gasteiger partial charge is 0.481 e. The van der Waals surface area contributed by atoms with E-state index < -0.39 is 5.97 Å². The minimum absolute atomic E-state index is 0.0851. The van der Waals surface area contributed by atoms with Crippen LogP contribution >= 0.6 is 11.6 Å². The highest BCUT2D eigenvalue weighted by Crippen LogP contribution is 2.25. The van der Waals surface area contributed by atoms with Gasteiger partial charge in [-0.3, -0.25) is 4.79 Å². The summed E-state index contributed by atoms with van der Waals surface area (Å²) < 4.78 is 1.56. The van der Waals surface area contributed by atoms with Gasteiger partial charge >= 0.3 is 5.97 Å². The lowest BCUT2D eigenvalue weighted by Gasteiger charge is -2.04. The van der Waals surface area contributed by atoms with Gasteiger partial charge in [0.25, 0.3) is 0 Å². The summed E-state index contributed by atoms with van der Waals surface area (Å²) in [6.07, 6.45) is 0.555. The average Bonchev–Trinajstić information content (AvgIpc) is 2.77. The highest BCUT2D eigenvalue weighted by molar-refractivity contribution is 6.33. The summed E-state index contributed by atoms with van der Waals surface area (Å²) in [6, 6.07) is 7.25. The van der Waals surface area contributed by atoms with Crippen LogP contribution in [-0.2, 0) is 11.3 Å². The third-order valence-electron chi connectivity index (χ3n) is 2.41. The fourth-order valence-electron chi connectivity index (χ4n) is 1.57. The average molecular weight is 267 g/mol. The second-order valence-corrected chi connectivity index (χ2v) is 4.11. The first-order valence-corrected chi connectivity index (χ1v) is 5.79. The number of rotatable bonds is 5. The maximum absolute atomic E-state index is 10.5. The Morgan fingerprint density at radius 1 is 1.39 bits per heavy atom. The van der Waals surface area contributed by atoms with E-state index in [0.29, 0.717) is 23.8 Å². The van der Waals surface area contributed by atoms with Gasteiger partial charge in [0.05, 0.1) is 5.02 Å². The molecule has 0 saturated carbocycles. The van der Waals surface area contributed by atoms with Crippen molar-refractivity contribution in [2.45, 2.75) is 19.4 Å². The number of halogens is 1. The highest BCUT2D eigenvalue weighted by Gasteiger charge is 2.11. The Kier molecular flexibility index (Phi) is 3.88. The maximum Gasteiger partial charge on any atom is 0.303 e. The predicted octanol–water partition coefficient (Wildman–Crippen LogP) is 1.86. The van der Waals surface area contributed by atoms with Gasteiger partial charge < -0.3 is 5.11 Å². The van der Waals surface area contributed by atoms with Crippen molar-refractivity contribution in [2.24, 2.45) is 0 Å². The number of carboxylic acid groups (broad SMARTS) is 1. The van der Waals surface area contributed by atoms with Crippen LogP contribution in [0.3, 0.4) is 0 Å². The Bertz CT molecular complexity index is 555. The van der Waals surface area contributed by atoms with Gasteiger partial charge in [0.2, 0.25) is 0 Å². The molecule has 0 radical (unpaired) electrons. The zero-order valence-corrected chi connectivity index (χ0v) is 10.2. The molecule has 2 rings (SSSR count). The summed E-state index contributed by atoms with van der Waals surface area (Å²) in [5.41, 5.74) is 0.736. The summed E-state index contributed by atoms with van der Waals surface area (Å²) in [4.78, 5) is 10.5. The van der Waals surface area contributed by atoms with Gasteiger partial charge in [-0.1, -0.05) is 23.7 Å². The fourth-order valence-corrected chi connectivity index (χ4v) is 1.79. The van der Waals surface area contributed by atoms with Crippen molar-refractivity contribution in [1.29, 1.82) is 0 Å². The van der Waals surface area contributed by atoms with Crippen LogP contribution < -0.4 is 0 Å². The minimum atomic E-state index is -0.831. The number of tetrazole rings is 1. The van der Waals surface area contributed by atoms with Crippen LogP contribution in [0.25, 0.3) is 11.4 Å². The van der Waals surface area contributed by atoms with E-state index in [9.17, 15) is 4.79 Å². The number of aryl methyl sites for hydroxylation is 1. The van der Waals surface area contributed by atoms with Crippen molar-refractivity contribution in [3.05, 3.63) is 29.3 Å². The molecule has 0 aliphatic rings. The lowest BCUT2D eigenvalue weighted by Crippen LogP contribution is -2.05. The van der Waals surface area contributed by atoms with Gasteiger partial charge in [-0.2, -0.15) is 0 Å². The Morgan fingerprint density at radius 2 is 2.17 bits per heavy atom. The van der Waals surface area contributed by atoms with E-state index in [1.807, 2.05) is 18.2 Å². The molecule has 0 saturated heterocycles. The van der Waals surface area contributed by atoms with Crippen LogP contribution in [-0.4, -0.2) is 31.3 Å². The van der Waals surface area contributed by atoms with Gasteiger partial charge in [0.1, 0.15) is 0 Å². The van der Waals surface area contributed by atoms with Gasteiger partial charge in [-0.25, -0.2) is 4.68 Å². The van der Waals surface area contributed by atoms with E-state index in [0.717, 1.165) is 5.56 Å². The van der Waals surface area contributed by atoms with Crippen LogP contribution in [0.2, 0.25) is 5.02 Å². The Balaban J connectivity index is 2.18. The molecule has 18 heavy (non-hydrogen) atoms. The van der Waals surface area contributed by atoms with Crippen molar-refractivity contribution in [1.82, 2.24) is 20.2 Å². The number of carbonyl (C=O) groups is 1. The van der Waals surface area contributed by atoms with Crippen LogP contribution in [0.4, 0.5) is 0 Å². The zero-order valence-electron chi connectivity index (χ0n) is 9.45. The molecule has 0 atom stereocenters. The molecular weight excluding hydrogens is 256 g/mol. The number of carboxylic acids is 1. The van der Waals surface area contributed by atoms with Crippen LogP contribution in [0.5, 0.6) is 0 Å². The molecular formula is C11H11ClN4O2. The number of nitrogens with zero attached hydrogens (tertiary/aromatic N) is 4. The second kappa shape index (κ2) is 5.59. The quantitative estimate of drug-likeness (QED) is 0.893. The molecule has 2 aromatic rings. The summed E-state index contributed by atoms with van der Waals surface area (Å²) in [5.74, 6) is -0.284. The first-order chi connectivity index (χ1) is 8.68. The third-order valence-corrected chi connectivity index (χ3v) is 2.74. The second-order valence-electron chi connectivity index (χ2n) is 3.70. The van der Waals surface area contributed by atoms with Crippen molar-refractivity contribution in [3.63, 3.8) is 0 Å². The van der Waals surface area contributed by atoms with Crippen molar-refractivity contribution >= 4 is 17.6 Å². The number of benzene rings is 1. The predicted molar refractivity (Wildman–Crippen MR) is 65.1 cm³/mol. The molecule has 1 N–H and O–H groups in total. The topological polar surface area (TPSA) is 80.9 Å². The summed E-state index contributed by atoms with van der Waals surface area (Å²) in [6.45, 7) is 0.444.